The van der Waals surface area contributed by atoms with Crippen molar-refractivity contribution >= 4 is 0 Å². The van der Waals surface area contributed by atoms with Crippen LogP contribution in [0, 0.1) is 0 Å². The van der Waals surface area contributed by atoms with Crippen molar-refractivity contribution in [1.82, 2.24) is 9.80 Å². The molecule has 0 amide bonds. The molecule has 0 spiro atoms. The summed E-state index contributed by atoms with van der Waals surface area (Å²) < 4.78 is 0. The molecule has 0 saturated heterocycles. The normalized spacial score (nSPS) is 11.3. The van der Waals surface area contributed by atoms with Crippen molar-refractivity contribution in [1.29, 1.82) is 0 Å². The molecule has 90 valence electrons. The largest absolute Gasteiger partial charge is 0.508 e. The molecule has 0 aliphatic heterocycles. The molecule has 1 rings (SSSR count). The molecule has 1 aromatic rings. The van der Waals surface area contributed by atoms with Gasteiger partial charge in [-0.15, -0.1) is 0 Å². The number of hydrogen-bond acceptors (Lipinski definition) is 3. The molecule has 0 aliphatic rings. The maximum atomic E-state index is 9.35. The Morgan fingerprint density at radius 2 is 1.88 bits per heavy atom. The van der Waals surface area contributed by atoms with Crippen molar-refractivity contribution in [2.75, 3.05) is 34.2 Å². The first kappa shape index (κ1) is 13.0. The third-order valence-electron chi connectivity index (χ3n) is 2.51. The monoisotopic (exact) mass is 222 g/mol. The van der Waals surface area contributed by atoms with Crippen LogP contribution < -0.4 is 0 Å². The van der Waals surface area contributed by atoms with Crippen molar-refractivity contribution in [3.63, 3.8) is 0 Å². The van der Waals surface area contributed by atoms with E-state index in [9.17, 15) is 5.11 Å². The van der Waals surface area contributed by atoms with Crippen molar-refractivity contribution in [3.8, 4) is 5.75 Å². The van der Waals surface area contributed by atoms with Gasteiger partial charge in [0.2, 0.25) is 0 Å². The van der Waals surface area contributed by atoms with E-state index in [1.165, 1.54) is 6.42 Å². The van der Waals surface area contributed by atoms with E-state index >= 15 is 0 Å². The zero-order valence-electron chi connectivity index (χ0n) is 10.5. The zero-order chi connectivity index (χ0) is 12.0. The summed E-state index contributed by atoms with van der Waals surface area (Å²) in [6, 6.07) is 7.46. The zero-order valence-corrected chi connectivity index (χ0v) is 10.5. The van der Waals surface area contributed by atoms with E-state index in [2.05, 4.69) is 30.9 Å². The van der Waals surface area contributed by atoms with Gasteiger partial charge in [0.05, 0.1) is 0 Å². The SMILES string of the molecule is CN(C)CCCN(C)Cc1cccc(O)c1. The third kappa shape index (κ3) is 5.14. The number of hydrogen-bond donors (Lipinski definition) is 1. The van der Waals surface area contributed by atoms with Crippen molar-refractivity contribution in [2.24, 2.45) is 0 Å². The van der Waals surface area contributed by atoms with Gasteiger partial charge in [-0.25, -0.2) is 0 Å². The quantitative estimate of drug-likeness (QED) is 0.794. The topological polar surface area (TPSA) is 26.7 Å². The molecule has 3 heteroatoms. The molecule has 0 aliphatic carbocycles. The molecule has 0 atom stereocenters. The fourth-order valence-electron chi connectivity index (χ4n) is 1.70. The molecule has 0 aromatic heterocycles. The van der Waals surface area contributed by atoms with Gasteiger partial charge in [0.15, 0.2) is 0 Å². The lowest BCUT2D eigenvalue weighted by Crippen LogP contribution is -2.23. The number of phenols is 1. The predicted molar refractivity (Wildman–Crippen MR) is 67.6 cm³/mol. The van der Waals surface area contributed by atoms with Crippen molar-refractivity contribution in [2.45, 2.75) is 13.0 Å². The van der Waals surface area contributed by atoms with E-state index in [1.54, 1.807) is 6.07 Å². The standard InChI is InChI=1S/C13H22N2O/c1-14(2)8-5-9-15(3)11-12-6-4-7-13(16)10-12/h4,6-7,10,16H,5,8-9,11H2,1-3H3. The summed E-state index contributed by atoms with van der Waals surface area (Å²) in [5.74, 6) is 0.346. The van der Waals surface area contributed by atoms with Crippen molar-refractivity contribution in [3.05, 3.63) is 29.8 Å². The first-order valence-corrected chi connectivity index (χ1v) is 5.69. The number of aromatic hydroxyl groups is 1. The third-order valence-corrected chi connectivity index (χ3v) is 2.51. The van der Waals surface area contributed by atoms with E-state index in [0.717, 1.165) is 25.2 Å². The van der Waals surface area contributed by atoms with Crippen LogP contribution in [0.4, 0.5) is 0 Å². The fraction of sp³-hybridized carbons (Fsp3) is 0.538. The minimum atomic E-state index is 0.346. The molecule has 0 saturated carbocycles. The summed E-state index contributed by atoms with van der Waals surface area (Å²) in [4.78, 5) is 4.47. The molecular weight excluding hydrogens is 200 g/mol. The molecular formula is C13H22N2O. The molecule has 1 aromatic carbocycles. The van der Waals surface area contributed by atoms with Crippen molar-refractivity contribution < 1.29 is 5.11 Å². The molecule has 0 unspecified atom stereocenters. The van der Waals surface area contributed by atoms with Gasteiger partial charge in [-0.2, -0.15) is 0 Å². The van der Waals surface area contributed by atoms with Gasteiger partial charge in [0.1, 0.15) is 5.75 Å². The highest BCUT2D eigenvalue weighted by molar-refractivity contribution is 5.26. The van der Waals surface area contributed by atoms with Crippen LogP contribution in [0.3, 0.4) is 0 Å². The second-order valence-electron chi connectivity index (χ2n) is 4.56. The number of rotatable bonds is 6. The van der Waals surface area contributed by atoms with E-state index < -0.39 is 0 Å². The lowest BCUT2D eigenvalue weighted by Gasteiger charge is -2.18. The van der Waals surface area contributed by atoms with Crippen LogP contribution in [0.25, 0.3) is 0 Å². The average Bonchev–Trinajstić information content (AvgIpc) is 2.16. The Balaban J connectivity index is 2.31. The molecule has 0 radical (unpaired) electrons. The summed E-state index contributed by atoms with van der Waals surface area (Å²) in [6.07, 6.45) is 1.17. The van der Waals surface area contributed by atoms with Gasteiger partial charge >= 0.3 is 0 Å². The van der Waals surface area contributed by atoms with Crippen LogP contribution in [-0.4, -0.2) is 49.1 Å². The van der Waals surface area contributed by atoms with Gasteiger partial charge < -0.3 is 14.9 Å². The molecule has 3 nitrogen and oxygen atoms in total. The number of benzene rings is 1. The maximum Gasteiger partial charge on any atom is 0.115 e. The van der Waals surface area contributed by atoms with Gasteiger partial charge in [0, 0.05) is 6.54 Å². The highest BCUT2D eigenvalue weighted by Crippen LogP contribution is 2.12. The summed E-state index contributed by atoms with van der Waals surface area (Å²) in [5, 5.41) is 9.35. The second-order valence-corrected chi connectivity index (χ2v) is 4.56. The van der Waals surface area contributed by atoms with Crippen LogP contribution in [-0.2, 0) is 6.54 Å². The Hall–Kier alpha value is -1.06. The summed E-state index contributed by atoms with van der Waals surface area (Å²) in [7, 11) is 6.30. The van der Waals surface area contributed by atoms with Gasteiger partial charge in [-0.05, 0) is 58.3 Å². The Bertz CT molecular complexity index is 313. The fourth-order valence-corrected chi connectivity index (χ4v) is 1.70. The maximum absolute atomic E-state index is 9.35. The second kappa shape index (κ2) is 6.51. The van der Waals surface area contributed by atoms with Crippen LogP contribution in [0.1, 0.15) is 12.0 Å². The van der Waals surface area contributed by atoms with Gasteiger partial charge in [-0.1, -0.05) is 12.1 Å². The highest BCUT2D eigenvalue weighted by atomic mass is 16.3. The Morgan fingerprint density at radius 1 is 1.12 bits per heavy atom. The van der Waals surface area contributed by atoms with E-state index in [0.29, 0.717) is 5.75 Å². The van der Waals surface area contributed by atoms with E-state index in [-0.39, 0.29) is 0 Å². The summed E-state index contributed by atoms with van der Waals surface area (Å²) >= 11 is 0. The van der Waals surface area contributed by atoms with E-state index in [1.807, 2.05) is 18.2 Å². The van der Waals surface area contributed by atoms with Gasteiger partial charge in [-0.3, -0.25) is 0 Å². The Kier molecular flexibility index (Phi) is 5.29. The smallest absolute Gasteiger partial charge is 0.115 e. The van der Waals surface area contributed by atoms with Crippen LogP contribution in [0.5, 0.6) is 5.75 Å². The molecule has 1 N–H and O–H groups in total. The Labute approximate surface area is 98.3 Å². The minimum absolute atomic E-state index is 0.346. The van der Waals surface area contributed by atoms with Gasteiger partial charge in [0.25, 0.3) is 0 Å². The minimum Gasteiger partial charge on any atom is -0.508 e. The lowest BCUT2D eigenvalue weighted by atomic mass is 10.2. The first-order valence-electron chi connectivity index (χ1n) is 5.69. The molecule has 0 fully saturated rings. The van der Waals surface area contributed by atoms with E-state index in [4.69, 9.17) is 0 Å². The number of nitrogens with zero attached hydrogens (tertiary/aromatic N) is 2. The van der Waals surface area contributed by atoms with Crippen LogP contribution in [0.2, 0.25) is 0 Å². The highest BCUT2D eigenvalue weighted by Gasteiger charge is 2.01. The molecule has 0 bridgehead atoms. The number of phenolic OH excluding ortho intramolecular Hbond substituents is 1. The van der Waals surface area contributed by atoms with Crippen LogP contribution >= 0.6 is 0 Å². The lowest BCUT2D eigenvalue weighted by molar-refractivity contribution is 0.294. The Morgan fingerprint density at radius 3 is 2.50 bits per heavy atom. The summed E-state index contributed by atoms with van der Waals surface area (Å²) in [5.41, 5.74) is 1.16. The summed E-state index contributed by atoms with van der Waals surface area (Å²) in [6.45, 7) is 3.08. The molecule has 16 heavy (non-hydrogen) atoms. The first-order chi connectivity index (χ1) is 7.58. The van der Waals surface area contributed by atoms with Crippen LogP contribution in [0.15, 0.2) is 24.3 Å². The predicted octanol–water partition coefficient (Wildman–Crippen LogP) is 1.78. The molecule has 0 heterocycles. The average molecular weight is 222 g/mol.